The highest BCUT2D eigenvalue weighted by Crippen LogP contribution is 2.49. The number of likely N-dealkylation sites (tertiary alicyclic amines) is 2. The molecule has 0 bridgehead atoms. The number of carbonyl (C=O) groups is 1. The molecule has 0 aliphatic carbocycles. The molecule has 2 aliphatic heterocycles. The smallest absolute Gasteiger partial charge is 0.260 e. The molecule has 1 atom stereocenters. The Morgan fingerprint density at radius 3 is 2.48 bits per heavy atom. The first-order valence-electron chi connectivity index (χ1n) is 11.8. The number of aromatic nitrogens is 1. The molecule has 33 heavy (non-hydrogen) atoms. The fourth-order valence-corrected chi connectivity index (χ4v) is 5.38. The summed E-state index contributed by atoms with van der Waals surface area (Å²) >= 11 is 0. The van der Waals surface area contributed by atoms with E-state index in [1.165, 1.54) is 5.56 Å². The number of rotatable bonds is 7. The van der Waals surface area contributed by atoms with Gasteiger partial charge in [0.25, 0.3) is 5.91 Å². The Bertz CT molecular complexity index is 1020. The molecule has 5 rings (SSSR count). The summed E-state index contributed by atoms with van der Waals surface area (Å²) in [6.07, 6.45) is 6.37. The molecule has 1 unspecified atom stereocenters. The number of amides is 1. The summed E-state index contributed by atoms with van der Waals surface area (Å²) in [7, 11) is 0. The number of piperidine rings is 1. The molecular weight excluding hydrogens is 414 g/mol. The maximum absolute atomic E-state index is 12.8. The van der Waals surface area contributed by atoms with Crippen LogP contribution in [-0.4, -0.2) is 60.0 Å². The van der Waals surface area contributed by atoms with E-state index in [1.807, 2.05) is 35.2 Å². The summed E-state index contributed by atoms with van der Waals surface area (Å²) in [5.74, 6) is 1.89. The van der Waals surface area contributed by atoms with Crippen LogP contribution in [0.25, 0.3) is 0 Å². The van der Waals surface area contributed by atoms with Crippen molar-refractivity contribution in [2.75, 3.05) is 39.3 Å². The van der Waals surface area contributed by atoms with Crippen LogP contribution in [-0.2, 0) is 11.2 Å². The molecule has 2 aromatic carbocycles. The van der Waals surface area contributed by atoms with Gasteiger partial charge in [-0.3, -0.25) is 4.79 Å². The predicted octanol–water partition coefficient (Wildman–Crippen LogP) is 4.00. The lowest BCUT2D eigenvalue weighted by molar-refractivity contribution is -0.135. The second-order valence-corrected chi connectivity index (χ2v) is 9.24. The summed E-state index contributed by atoms with van der Waals surface area (Å²) in [5.41, 5.74) is 1.46. The van der Waals surface area contributed by atoms with Crippen LogP contribution in [0.4, 0.5) is 0 Å². The van der Waals surface area contributed by atoms with Gasteiger partial charge in [-0.1, -0.05) is 48.5 Å². The van der Waals surface area contributed by atoms with Gasteiger partial charge in [-0.25, -0.2) is 4.98 Å². The molecule has 3 aromatic rings. The quantitative estimate of drug-likeness (QED) is 0.550. The topological polar surface area (TPSA) is 58.8 Å². The van der Waals surface area contributed by atoms with E-state index < -0.39 is 0 Å². The fourth-order valence-electron chi connectivity index (χ4n) is 5.38. The lowest BCUT2D eigenvalue weighted by Gasteiger charge is -2.41. The zero-order valence-corrected chi connectivity index (χ0v) is 18.9. The molecule has 3 heterocycles. The second-order valence-electron chi connectivity index (χ2n) is 9.24. The maximum atomic E-state index is 12.8. The third kappa shape index (κ3) is 4.96. The normalized spacial score (nSPS) is 20.2. The molecule has 2 fully saturated rings. The summed E-state index contributed by atoms with van der Waals surface area (Å²) in [6.45, 7) is 4.59. The minimum absolute atomic E-state index is 0.0558. The minimum atomic E-state index is 0.0558. The number of para-hydroxylation sites is 1. The van der Waals surface area contributed by atoms with Crippen molar-refractivity contribution in [1.82, 2.24) is 14.8 Å². The van der Waals surface area contributed by atoms with Gasteiger partial charge in [-0.05, 0) is 42.4 Å². The molecule has 172 valence electrons. The van der Waals surface area contributed by atoms with E-state index in [0.717, 1.165) is 63.6 Å². The number of hydrogen-bond acceptors (Lipinski definition) is 5. The van der Waals surface area contributed by atoms with E-state index in [2.05, 4.69) is 40.2 Å². The Hall–Kier alpha value is -3.12. The molecular formula is C27H31N3O3. The van der Waals surface area contributed by atoms with Crippen LogP contribution in [0.15, 0.2) is 77.5 Å². The van der Waals surface area contributed by atoms with Gasteiger partial charge in [0, 0.05) is 32.7 Å². The SMILES string of the molecule is O=C(COc1ccccc1)N1CCC2(CC1)CN(CCc1ccccc1)CC2c1ncco1. The van der Waals surface area contributed by atoms with Gasteiger partial charge in [0.1, 0.15) is 12.0 Å². The molecule has 0 radical (unpaired) electrons. The van der Waals surface area contributed by atoms with Crippen molar-refractivity contribution in [1.29, 1.82) is 0 Å². The molecule has 6 heteroatoms. The lowest BCUT2D eigenvalue weighted by atomic mass is 9.70. The first kappa shape index (κ1) is 21.7. The van der Waals surface area contributed by atoms with Gasteiger partial charge >= 0.3 is 0 Å². The summed E-state index contributed by atoms with van der Waals surface area (Å²) in [6, 6.07) is 20.2. The fraction of sp³-hybridized carbons (Fsp3) is 0.407. The minimum Gasteiger partial charge on any atom is -0.484 e. The highest BCUT2D eigenvalue weighted by molar-refractivity contribution is 5.77. The van der Waals surface area contributed by atoms with Crippen molar-refractivity contribution in [3.63, 3.8) is 0 Å². The standard InChI is InChI=1S/C27H31N3O3/c31-25(20-33-23-9-5-2-6-10-23)30-16-12-27(13-17-30)21-29(15-11-22-7-3-1-4-8-22)19-24(27)26-28-14-18-32-26/h1-10,14,18,24H,11-13,15-17,19-21H2. The predicted molar refractivity (Wildman–Crippen MR) is 126 cm³/mol. The van der Waals surface area contributed by atoms with Gasteiger partial charge in [-0.2, -0.15) is 0 Å². The van der Waals surface area contributed by atoms with Crippen molar-refractivity contribution in [3.05, 3.63) is 84.6 Å². The number of carbonyl (C=O) groups excluding carboxylic acids is 1. The zero-order valence-electron chi connectivity index (χ0n) is 18.9. The zero-order chi connectivity index (χ0) is 22.5. The van der Waals surface area contributed by atoms with E-state index in [4.69, 9.17) is 9.15 Å². The number of nitrogens with zero attached hydrogens (tertiary/aromatic N) is 3. The highest BCUT2D eigenvalue weighted by Gasteiger charge is 2.50. The van der Waals surface area contributed by atoms with Crippen LogP contribution in [0, 0.1) is 5.41 Å². The highest BCUT2D eigenvalue weighted by atomic mass is 16.5. The third-order valence-corrected chi connectivity index (χ3v) is 7.24. The summed E-state index contributed by atoms with van der Waals surface area (Å²) in [5, 5.41) is 0. The van der Waals surface area contributed by atoms with Crippen LogP contribution in [0.3, 0.4) is 0 Å². The van der Waals surface area contributed by atoms with Crippen LogP contribution in [0.2, 0.25) is 0 Å². The van der Waals surface area contributed by atoms with Crippen molar-refractivity contribution in [3.8, 4) is 5.75 Å². The van der Waals surface area contributed by atoms with Crippen LogP contribution >= 0.6 is 0 Å². The van der Waals surface area contributed by atoms with Gasteiger partial charge < -0.3 is 19.0 Å². The summed E-state index contributed by atoms with van der Waals surface area (Å²) in [4.78, 5) is 21.8. The van der Waals surface area contributed by atoms with Crippen LogP contribution < -0.4 is 4.74 Å². The van der Waals surface area contributed by atoms with Crippen molar-refractivity contribution in [2.45, 2.75) is 25.2 Å². The number of ether oxygens (including phenoxy) is 1. The molecule has 1 amide bonds. The van der Waals surface area contributed by atoms with Crippen molar-refractivity contribution in [2.24, 2.45) is 5.41 Å². The van der Waals surface area contributed by atoms with Gasteiger partial charge in [-0.15, -0.1) is 0 Å². The second kappa shape index (κ2) is 9.79. The van der Waals surface area contributed by atoms with Crippen molar-refractivity contribution >= 4 is 5.91 Å². The van der Waals surface area contributed by atoms with E-state index in [-0.39, 0.29) is 23.8 Å². The average molecular weight is 446 g/mol. The van der Waals surface area contributed by atoms with E-state index in [0.29, 0.717) is 0 Å². The Labute approximate surface area is 195 Å². The Balaban J connectivity index is 1.21. The largest absolute Gasteiger partial charge is 0.484 e. The molecule has 0 saturated carbocycles. The number of benzene rings is 2. The number of oxazole rings is 1. The molecule has 2 saturated heterocycles. The summed E-state index contributed by atoms with van der Waals surface area (Å²) < 4.78 is 11.5. The van der Waals surface area contributed by atoms with Crippen LogP contribution in [0.5, 0.6) is 5.75 Å². The Morgan fingerprint density at radius 2 is 1.79 bits per heavy atom. The molecule has 0 N–H and O–H groups in total. The molecule has 1 aromatic heterocycles. The molecule has 1 spiro atoms. The van der Waals surface area contributed by atoms with Gasteiger partial charge in [0.05, 0.1) is 12.1 Å². The van der Waals surface area contributed by atoms with Crippen molar-refractivity contribution < 1.29 is 13.9 Å². The first-order chi connectivity index (χ1) is 16.2. The Kier molecular flexibility index (Phi) is 6.44. The molecule has 6 nitrogen and oxygen atoms in total. The maximum Gasteiger partial charge on any atom is 0.260 e. The first-order valence-corrected chi connectivity index (χ1v) is 11.8. The van der Waals surface area contributed by atoms with E-state index in [9.17, 15) is 4.79 Å². The Morgan fingerprint density at radius 1 is 1.06 bits per heavy atom. The van der Waals surface area contributed by atoms with E-state index >= 15 is 0 Å². The van der Waals surface area contributed by atoms with E-state index in [1.54, 1.807) is 12.5 Å². The lowest BCUT2D eigenvalue weighted by Crippen LogP contribution is -2.47. The molecule has 2 aliphatic rings. The average Bonchev–Trinajstić information content (AvgIpc) is 3.51. The monoisotopic (exact) mass is 445 g/mol. The third-order valence-electron chi connectivity index (χ3n) is 7.24. The van der Waals surface area contributed by atoms with Crippen LogP contribution in [0.1, 0.15) is 30.2 Å². The number of hydrogen-bond donors (Lipinski definition) is 0. The van der Waals surface area contributed by atoms with Gasteiger partial charge in [0.2, 0.25) is 0 Å². The van der Waals surface area contributed by atoms with Gasteiger partial charge in [0.15, 0.2) is 12.5 Å².